The lowest BCUT2D eigenvalue weighted by Crippen LogP contribution is -2.27. The van der Waals surface area contributed by atoms with Crippen molar-refractivity contribution in [3.8, 4) is 10.6 Å². The van der Waals surface area contributed by atoms with Gasteiger partial charge in [0, 0.05) is 31.6 Å². The van der Waals surface area contributed by atoms with E-state index in [9.17, 15) is 4.79 Å². The van der Waals surface area contributed by atoms with Gasteiger partial charge in [-0.1, -0.05) is 6.07 Å². The highest BCUT2D eigenvalue weighted by Crippen LogP contribution is 2.25. The minimum atomic E-state index is 0.0840. The van der Waals surface area contributed by atoms with E-state index in [0.717, 1.165) is 11.3 Å². The topological polar surface area (TPSA) is 69.8 Å². The van der Waals surface area contributed by atoms with E-state index in [4.69, 9.17) is 0 Å². The number of carbonyl (C=O) groups excluding carboxylic acids is 1. The number of amides is 1. The molecule has 0 unspecified atom stereocenters. The lowest BCUT2D eigenvalue weighted by molar-refractivity contribution is -0.120. The lowest BCUT2D eigenvalue weighted by Gasteiger charge is -2.05. The van der Waals surface area contributed by atoms with Crippen LogP contribution in [0.4, 0.5) is 0 Å². The Morgan fingerprint density at radius 3 is 3.16 bits per heavy atom. The molecule has 0 spiro atoms. The molecular formula is C13H18N4OS. The zero-order chi connectivity index (χ0) is 13.5. The molecule has 3 N–H and O–H groups in total. The van der Waals surface area contributed by atoms with Crippen LogP contribution in [0.15, 0.2) is 23.7 Å². The number of carbonyl (C=O) groups is 1. The molecule has 0 saturated heterocycles. The van der Waals surface area contributed by atoms with Gasteiger partial charge in [-0.25, -0.2) is 0 Å². The molecule has 102 valence electrons. The number of H-pyrrole nitrogens is 1. The molecule has 2 rings (SSSR count). The average molecular weight is 278 g/mol. The number of nitrogens with one attached hydrogen (secondary N) is 3. The minimum absolute atomic E-state index is 0.0840. The maximum absolute atomic E-state index is 11.3. The molecule has 19 heavy (non-hydrogen) atoms. The van der Waals surface area contributed by atoms with Crippen LogP contribution in [0.2, 0.25) is 0 Å². The molecule has 0 aliphatic carbocycles. The minimum Gasteiger partial charge on any atom is -0.356 e. The summed E-state index contributed by atoms with van der Waals surface area (Å²) in [4.78, 5) is 12.5. The van der Waals surface area contributed by atoms with Crippen LogP contribution >= 0.6 is 11.3 Å². The van der Waals surface area contributed by atoms with Crippen molar-refractivity contribution in [1.82, 2.24) is 20.8 Å². The molecule has 0 aromatic carbocycles. The first-order chi connectivity index (χ1) is 9.31. The maximum Gasteiger partial charge on any atom is 0.221 e. The Morgan fingerprint density at radius 2 is 2.42 bits per heavy atom. The predicted molar refractivity (Wildman–Crippen MR) is 76.9 cm³/mol. The van der Waals surface area contributed by atoms with E-state index < -0.39 is 0 Å². The molecule has 6 heteroatoms. The summed E-state index contributed by atoms with van der Waals surface area (Å²) < 4.78 is 0. The molecule has 2 heterocycles. The van der Waals surface area contributed by atoms with Crippen LogP contribution in [0.25, 0.3) is 10.6 Å². The molecular weight excluding hydrogens is 260 g/mol. The van der Waals surface area contributed by atoms with Gasteiger partial charge in [0.05, 0.1) is 16.8 Å². The van der Waals surface area contributed by atoms with Crippen LogP contribution in [0.3, 0.4) is 0 Å². The van der Waals surface area contributed by atoms with Gasteiger partial charge in [-0.15, -0.1) is 11.3 Å². The zero-order valence-electron chi connectivity index (χ0n) is 10.9. The van der Waals surface area contributed by atoms with E-state index in [2.05, 4.69) is 26.9 Å². The molecule has 0 bridgehead atoms. The maximum atomic E-state index is 11.3. The van der Waals surface area contributed by atoms with E-state index >= 15 is 0 Å². The highest BCUT2D eigenvalue weighted by molar-refractivity contribution is 7.13. The van der Waals surface area contributed by atoms with Gasteiger partial charge in [0.25, 0.3) is 0 Å². The van der Waals surface area contributed by atoms with Crippen LogP contribution in [0.1, 0.15) is 18.9 Å². The van der Waals surface area contributed by atoms with E-state index in [-0.39, 0.29) is 5.91 Å². The molecule has 1 amide bonds. The number of hydrogen-bond acceptors (Lipinski definition) is 4. The van der Waals surface area contributed by atoms with E-state index in [0.29, 0.717) is 26.1 Å². The van der Waals surface area contributed by atoms with Crippen molar-refractivity contribution in [3.63, 3.8) is 0 Å². The Balaban J connectivity index is 1.81. The summed E-state index contributed by atoms with van der Waals surface area (Å²) in [6.07, 6.45) is 2.33. The Hall–Kier alpha value is -1.66. The second-order valence-corrected chi connectivity index (χ2v) is 5.08. The van der Waals surface area contributed by atoms with Crippen LogP contribution in [0.5, 0.6) is 0 Å². The number of nitrogens with zero attached hydrogens (tertiary/aromatic N) is 1. The molecule has 0 saturated carbocycles. The first-order valence-electron chi connectivity index (χ1n) is 6.34. The predicted octanol–water partition coefficient (Wildman–Crippen LogP) is 1.75. The van der Waals surface area contributed by atoms with Crippen molar-refractivity contribution in [2.24, 2.45) is 0 Å². The van der Waals surface area contributed by atoms with E-state index in [1.165, 1.54) is 4.88 Å². The van der Waals surface area contributed by atoms with Crippen molar-refractivity contribution in [2.75, 3.05) is 13.1 Å². The van der Waals surface area contributed by atoms with Crippen molar-refractivity contribution >= 4 is 17.2 Å². The van der Waals surface area contributed by atoms with Gasteiger partial charge in [0.15, 0.2) is 0 Å². The van der Waals surface area contributed by atoms with Gasteiger partial charge in [-0.05, 0) is 18.4 Å². The fraction of sp³-hybridized carbons (Fsp3) is 0.385. The standard InChI is InChI=1S/C13H18N4OS/c1-2-15-12(18)5-6-14-8-10-9-16-17-13(10)11-4-3-7-19-11/h3-4,7,9,14H,2,5-6,8H2,1H3,(H,15,18)(H,16,17). The SMILES string of the molecule is CCNC(=O)CCNCc1cn[nH]c1-c1cccs1. The number of thiophene rings is 1. The highest BCUT2D eigenvalue weighted by Gasteiger charge is 2.08. The molecule has 0 aliphatic heterocycles. The summed E-state index contributed by atoms with van der Waals surface area (Å²) in [7, 11) is 0. The van der Waals surface area contributed by atoms with Crippen molar-refractivity contribution in [2.45, 2.75) is 19.9 Å². The largest absolute Gasteiger partial charge is 0.356 e. The van der Waals surface area contributed by atoms with Crippen LogP contribution in [-0.2, 0) is 11.3 Å². The summed E-state index contributed by atoms with van der Waals surface area (Å²) in [6.45, 7) is 3.98. The highest BCUT2D eigenvalue weighted by atomic mass is 32.1. The molecule has 0 radical (unpaired) electrons. The van der Waals surface area contributed by atoms with Gasteiger partial charge in [-0.3, -0.25) is 9.89 Å². The van der Waals surface area contributed by atoms with E-state index in [1.54, 1.807) is 11.3 Å². The summed E-state index contributed by atoms with van der Waals surface area (Å²) in [6, 6.07) is 4.09. The second kappa shape index (κ2) is 7.06. The van der Waals surface area contributed by atoms with Crippen LogP contribution in [-0.4, -0.2) is 29.2 Å². The summed E-state index contributed by atoms with van der Waals surface area (Å²) >= 11 is 1.68. The quantitative estimate of drug-likeness (QED) is 0.676. The first kappa shape index (κ1) is 13.8. The third-order valence-electron chi connectivity index (χ3n) is 2.70. The molecule has 0 fully saturated rings. The van der Waals surface area contributed by atoms with Gasteiger partial charge >= 0.3 is 0 Å². The fourth-order valence-corrected chi connectivity index (χ4v) is 2.55. The Labute approximate surface area is 116 Å². The fourth-order valence-electron chi connectivity index (χ4n) is 1.79. The van der Waals surface area contributed by atoms with E-state index in [1.807, 2.05) is 24.6 Å². The first-order valence-corrected chi connectivity index (χ1v) is 7.22. The summed E-state index contributed by atoms with van der Waals surface area (Å²) in [5, 5.41) is 15.2. The summed E-state index contributed by atoms with van der Waals surface area (Å²) in [5.74, 6) is 0.0840. The Kier molecular flexibility index (Phi) is 5.11. The monoisotopic (exact) mass is 278 g/mol. The third kappa shape index (κ3) is 3.90. The number of hydrogen-bond donors (Lipinski definition) is 3. The van der Waals surface area contributed by atoms with Gasteiger partial charge in [0.1, 0.15) is 0 Å². The second-order valence-electron chi connectivity index (χ2n) is 4.13. The average Bonchev–Trinajstić information content (AvgIpc) is 3.05. The third-order valence-corrected chi connectivity index (χ3v) is 3.59. The number of aromatic amines is 1. The van der Waals surface area contributed by atoms with Crippen molar-refractivity contribution in [3.05, 3.63) is 29.3 Å². The van der Waals surface area contributed by atoms with Gasteiger partial charge in [0.2, 0.25) is 5.91 Å². The normalized spacial score (nSPS) is 10.6. The molecule has 0 atom stereocenters. The molecule has 0 aliphatic rings. The van der Waals surface area contributed by atoms with Crippen molar-refractivity contribution in [1.29, 1.82) is 0 Å². The molecule has 5 nitrogen and oxygen atoms in total. The summed E-state index contributed by atoms with van der Waals surface area (Å²) in [5.41, 5.74) is 2.18. The molecule has 2 aromatic heterocycles. The Bertz CT molecular complexity index is 506. The van der Waals surface area contributed by atoms with Gasteiger partial charge in [-0.2, -0.15) is 5.10 Å². The number of aromatic nitrogens is 2. The van der Waals surface area contributed by atoms with Crippen molar-refractivity contribution < 1.29 is 4.79 Å². The Morgan fingerprint density at radius 1 is 1.53 bits per heavy atom. The van der Waals surface area contributed by atoms with Crippen LogP contribution < -0.4 is 10.6 Å². The zero-order valence-corrected chi connectivity index (χ0v) is 11.7. The van der Waals surface area contributed by atoms with Gasteiger partial charge < -0.3 is 10.6 Å². The molecule has 2 aromatic rings. The smallest absolute Gasteiger partial charge is 0.221 e. The number of rotatable bonds is 7. The lowest BCUT2D eigenvalue weighted by atomic mass is 10.2. The van der Waals surface area contributed by atoms with Crippen LogP contribution in [0, 0.1) is 0 Å².